The summed E-state index contributed by atoms with van der Waals surface area (Å²) >= 11 is 0. The van der Waals surface area contributed by atoms with Gasteiger partial charge in [0.05, 0.1) is 31.0 Å². The van der Waals surface area contributed by atoms with Gasteiger partial charge >= 0.3 is 0 Å². The number of hydrogen-bond donors (Lipinski definition) is 0. The number of ether oxygens (including phenoxy) is 2. The first kappa shape index (κ1) is 19.4. The van der Waals surface area contributed by atoms with Crippen LogP contribution in [0.1, 0.15) is 35.4 Å². The van der Waals surface area contributed by atoms with Crippen LogP contribution in [0.4, 0.5) is 0 Å². The van der Waals surface area contributed by atoms with Gasteiger partial charge in [0.25, 0.3) is 5.89 Å². The van der Waals surface area contributed by atoms with Gasteiger partial charge in [-0.2, -0.15) is 4.98 Å². The quantitative estimate of drug-likeness (QED) is 0.479. The molecule has 0 spiro atoms. The maximum absolute atomic E-state index is 6.16. The molecule has 2 aromatic carbocycles. The number of benzene rings is 2. The van der Waals surface area contributed by atoms with Crippen LogP contribution in [0.15, 0.2) is 47.0 Å². The molecule has 0 saturated carbocycles. The SMILES string of the molecule is CCOc1ccccc1-c1noc(-c2nnn3c2CO[C@@H](c2ccc(C)cc2C)C3)n1. The van der Waals surface area contributed by atoms with E-state index in [9.17, 15) is 0 Å². The summed E-state index contributed by atoms with van der Waals surface area (Å²) in [5, 5.41) is 12.8. The summed E-state index contributed by atoms with van der Waals surface area (Å²) in [4.78, 5) is 4.55. The Balaban J connectivity index is 1.42. The van der Waals surface area contributed by atoms with Gasteiger partial charge in [-0.05, 0) is 44.0 Å². The Hall–Kier alpha value is -3.52. The van der Waals surface area contributed by atoms with Crippen molar-refractivity contribution in [2.45, 2.75) is 40.0 Å². The number of nitrogens with zero attached hydrogens (tertiary/aromatic N) is 5. The van der Waals surface area contributed by atoms with Crippen LogP contribution in [0, 0.1) is 13.8 Å². The smallest absolute Gasteiger partial charge is 0.280 e. The number of rotatable bonds is 5. The average molecular weight is 417 g/mol. The summed E-state index contributed by atoms with van der Waals surface area (Å²) in [6, 6.07) is 14.0. The Labute approximate surface area is 179 Å². The van der Waals surface area contributed by atoms with E-state index in [0.717, 1.165) is 11.3 Å². The molecule has 1 atom stereocenters. The van der Waals surface area contributed by atoms with Crippen LogP contribution in [0.5, 0.6) is 5.75 Å². The molecular formula is C23H23N5O3. The standard InChI is InChI=1S/C23H23N5O3/c1-4-29-19-8-6-5-7-17(19)22-24-23(31-26-22)21-18-13-30-20(12-28(18)27-25-21)16-10-9-14(2)11-15(16)3/h5-11,20H,4,12-13H2,1-3H3/t20-/m1/s1. The van der Waals surface area contributed by atoms with Crippen molar-refractivity contribution in [1.82, 2.24) is 25.1 Å². The molecule has 0 aliphatic carbocycles. The van der Waals surface area contributed by atoms with Gasteiger partial charge in [0.15, 0.2) is 5.69 Å². The fourth-order valence-corrected chi connectivity index (χ4v) is 3.91. The molecule has 5 rings (SSSR count). The third-order valence-electron chi connectivity index (χ3n) is 5.43. The molecule has 8 heteroatoms. The van der Waals surface area contributed by atoms with Crippen LogP contribution in [0.3, 0.4) is 0 Å². The largest absolute Gasteiger partial charge is 0.493 e. The molecule has 2 aromatic heterocycles. The molecule has 0 amide bonds. The average Bonchev–Trinajstić information content (AvgIpc) is 3.41. The first-order chi connectivity index (χ1) is 15.1. The molecule has 3 heterocycles. The van der Waals surface area contributed by atoms with E-state index in [1.807, 2.05) is 35.9 Å². The number of aromatic nitrogens is 5. The summed E-state index contributed by atoms with van der Waals surface area (Å²) < 4.78 is 19.2. The Bertz CT molecular complexity index is 1230. The van der Waals surface area contributed by atoms with Crippen LogP contribution >= 0.6 is 0 Å². The molecular weight excluding hydrogens is 394 g/mol. The highest BCUT2D eigenvalue weighted by atomic mass is 16.5. The summed E-state index contributed by atoms with van der Waals surface area (Å²) in [6.07, 6.45) is -0.0704. The van der Waals surface area contributed by atoms with Gasteiger partial charge in [0, 0.05) is 0 Å². The molecule has 158 valence electrons. The maximum atomic E-state index is 6.16. The van der Waals surface area contributed by atoms with E-state index < -0.39 is 0 Å². The Morgan fingerprint density at radius 1 is 1.16 bits per heavy atom. The lowest BCUT2D eigenvalue weighted by molar-refractivity contribution is -0.00153. The molecule has 0 N–H and O–H groups in total. The fraction of sp³-hybridized carbons (Fsp3) is 0.304. The lowest BCUT2D eigenvalue weighted by atomic mass is 10.0. The van der Waals surface area contributed by atoms with E-state index in [1.165, 1.54) is 16.7 Å². The molecule has 1 aliphatic heterocycles. The number of aryl methyl sites for hydroxylation is 2. The van der Waals surface area contributed by atoms with E-state index in [2.05, 4.69) is 52.5 Å². The van der Waals surface area contributed by atoms with Gasteiger partial charge in [-0.15, -0.1) is 5.10 Å². The third kappa shape index (κ3) is 3.59. The van der Waals surface area contributed by atoms with E-state index in [0.29, 0.717) is 42.9 Å². The van der Waals surface area contributed by atoms with Crippen LogP contribution in [0.25, 0.3) is 23.0 Å². The third-order valence-corrected chi connectivity index (χ3v) is 5.43. The summed E-state index contributed by atoms with van der Waals surface area (Å²) in [7, 11) is 0. The molecule has 0 fully saturated rings. The van der Waals surface area contributed by atoms with Crippen LogP contribution in [0.2, 0.25) is 0 Å². The summed E-state index contributed by atoms with van der Waals surface area (Å²) in [6.45, 7) is 7.64. The van der Waals surface area contributed by atoms with Crippen LogP contribution < -0.4 is 4.74 Å². The minimum atomic E-state index is -0.0704. The monoisotopic (exact) mass is 417 g/mol. The summed E-state index contributed by atoms with van der Waals surface area (Å²) in [5.74, 6) is 1.48. The second-order valence-electron chi connectivity index (χ2n) is 7.58. The normalized spacial score (nSPS) is 15.6. The Kier molecular flexibility index (Phi) is 4.99. The zero-order chi connectivity index (χ0) is 21.4. The second-order valence-corrected chi connectivity index (χ2v) is 7.58. The zero-order valence-corrected chi connectivity index (χ0v) is 17.7. The van der Waals surface area contributed by atoms with Crippen molar-refractivity contribution in [3.05, 3.63) is 64.8 Å². The van der Waals surface area contributed by atoms with E-state index >= 15 is 0 Å². The topological polar surface area (TPSA) is 88.1 Å². The summed E-state index contributed by atoms with van der Waals surface area (Å²) in [5.41, 5.74) is 5.76. The molecule has 0 unspecified atom stereocenters. The molecule has 8 nitrogen and oxygen atoms in total. The van der Waals surface area contributed by atoms with Crippen molar-refractivity contribution in [3.63, 3.8) is 0 Å². The first-order valence-corrected chi connectivity index (χ1v) is 10.3. The highest BCUT2D eigenvalue weighted by Crippen LogP contribution is 2.33. The minimum absolute atomic E-state index is 0.0704. The van der Waals surface area contributed by atoms with Crippen molar-refractivity contribution in [1.29, 1.82) is 0 Å². The van der Waals surface area contributed by atoms with Gasteiger partial charge in [0.1, 0.15) is 11.9 Å². The molecule has 0 bridgehead atoms. The van der Waals surface area contributed by atoms with E-state index in [1.54, 1.807) is 0 Å². The highest BCUT2D eigenvalue weighted by Gasteiger charge is 2.29. The van der Waals surface area contributed by atoms with Crippen molar-refractivity contribution >= 4 is 0 Å². The van der Waals surface area contributed by atoms with E-state index in [-0.39, 0.29) is 6.10 Å². The fourth-order valence-electron chi connectivity index (χ4n) is 3.91. The van der Waals surface area contributed by atoms with Gasteiger partial charge < -0.3 is 14.0 Å². The predicted octanol–water partition coefficient (Wildman–Crippen LogP) is 4.28. The molecule has 0 saturated heterocycles. The van der Waals surface area contributed by atoms with Crippen molar-refractivity contribution in [2.75, 3.05) is 6.61 Å². The van der Waals surface area contributed by atoms with Crippen molar-refractivity contribution in [2.24, 2.45) is 0 Å². The molecule has 31 heavy (non-hydrogen) atoms. The van der Waals surface area contributed by atoms with Crippen molar-refractivity contribution in [3.8, 4) is 28.7 Å². The van der Waals surface area contributed by atoms with E-state index in [4.69, 9.17) is 14.0 Å². The first-order valence-electron chi connectivity index (χ1n) is 10.3. The Morgan fingerprint density at radius 3 is 2.87 bits per heavy atom. The van der Waals surface area contributed by atoms with Crippen molar-refractivity contribution < 1.29 is 14.0 Å². The van der Waals surface area contributed by atoms with Gasteiger partial charge in [-0.25, -0.2) is 4.68 Å². The molecule has 0 radical (unpaired) electrons. The van der Waals surface area contributed by atoms with Crippen LogP contribution in [-0.2, 0) is 17.9 Å². The lowest BCUT2D eigenvalue weighted by Crippen LogP contribution is -2.22. The Morgan fingerprint density at radius 2 is 2.03 bits per heavy atom. The molecule has 1 aliphatic rings. The zero-order valence-electron chi connectivity index (χ0n) is 17.7. The second kappa shape index (κ2) is 7.96. The van der Waals surface area contributed by atoms with Gasteiger partial charge in [-0.3, -0.25) is 0 Å². The van der Waals surface area contributed by atoms with Gasteiger partial charge in [0.2, 0.25) is 5.82 Å². The maximum Gasteiger partial charge on any atom is 0.280 e. The molecule has 4 aromatic rings. The van der Waals surface area contributed by atoms with Gasteiger partial charge in [-0.1, -0.05) is 46.3 Å². The minimum Gasteiger partial charge on any atom is -0.493 e. The highest BCUT2D eigenvalue weighted by molar-refractivity contribution is 5.65. The number of para-hydroxylation sites is 1. The van der Waals surface area contributed by atoms with Crippen LogP contribution in [-0.4, -0.2) is 31.7 Å². The number of fused-ring (bicyclic) bond motifs is 1. The lowest BCUT2D eigenvalue weighted by Gasteiger charge is -2.25. The number of hydrogen-bond acceptors (Lipinski definition) is 7. The predicted molar refractivity (Wildman–Crippen MR) is 113 cm³/mol.